The number of carbonyl (C=O) groups is 2. The Balaban J connectivity index is 2.39. The Morgan fingerprint density at radius 1 is 1.00 bits per heavy atom. The van der Waals surface area contributed by atoms with Crippen molar-refractivity contribution in [1.82, 2.24) is 10.2 Å². The number of rotatable bonds is 10. The Kier molecular flexibility index (Phi) is 10.1. The molecule has 0 fully saturated rings. The zero-order chi connectivity index (χ0) is 25.6. The molecule has 1 atom stereocenters. The van der Waals surface area contributed by atoms with Crippen molar-refractivity contribution in [1.29, 1.82) is 0 Å². The molecule has 1 N–H and O–H groups in total. The summed E-state index contributed by atoms with van der Waals surface area (Å²) in [5.41, 5.74) is 0.884. The van der Waals surface area contributed by atoms with Crippen molar-refractivity contribution < 1.29 is 18.0 Å². The molecule has 2 aromatic carbocycles. The summed E-state index contributed by atoms with van der Waals surface area (Å²) >= 11 is 18.2. The molecular formula is C23H28Cl3N3O4S. The van der Waals surface area contributed by atoms with Gasteiger partial charge in [-0.2, -0.15) is 0 Å². The van der Waals surface area contributed by atoms with Gasteiger partial charge in [-0.25, -0.2) is 8.42 Å². The van der Waals surface area contributed by atoms with Gasteiger partial charge in [0.1, 0.15) is 12.6 Å². The normalized spacial score (nSPS) is 12.4. The van der Waals surface area contributed by atoms with Crippen LogP contribution in [0.15, 0.2) is 42.5 Å². The highest BCUT2D eigenvalue weighted by atomic mass is 35.5. The smallest absolute Gasteiger partial charge is 0.244 e. The molecule has 0 heterocycles. The van der Waals surface area contributed by atoms with Crippen LogP contribution < -0.4 is 9.62 Å². The van der Waals surface area contributed by atoms with E-state index < -0.39 is 28.5 Å². The van der Waals surface area contributed by atoms with Crippen LogP contribution in [-0.4, -0.2) is 50.5 Å². The minimum Gasteiger partial charge on any atom is -0.354 e. The zero-order valence-electron chi connectivity index (χ0n) is 19.4. The Bertz CT molecular complexity index is 1140. The molecule has 0 saturated heterocycles. The van der Waals surface area contributed by atoms with Crippen LogP contribution in [-0.2, 0) is 26.2 Å². The van der Waals surface area contributed by atoms with E-state index in [1.807, 2.05) is 13.8 Å². The average Bonchev–Trinajstić information content (AvgIpc) is 2.75. The maximum absolute atomic E-state index is 13.4. The van der Waals surface area contributed by atoms with Crippen molar-refractivity contribution >= 4 is 62.3 Å². The predicted octanol–water partition coefficient (Wildman–Crippen LogP) is 4.60. The number of nitrogens with zero attached hydrogens (tertiary/aromatic N) is 2. The van der Waals surface area contributed by atoms with Gasteiger partial charge in [0.05, 0.1) is 22.0 Å². The third-order valence-corrected chi connectivity index (χ3v) is 7.08. The van der Waals surface area contributed by atoms with Gasteiger partial charge in [-0.15, -0.1) is 0 Å². The molecule has 0 aliphatic heterocycles. The fourth-order valence-corrected chi connectivity index (χ4v) is 4.46. The van der Waals surface area contributed by atoms with Gasteiger partial charge < -0.3 is 10.2 Å². The first-order valence-electron chi connectivity index (χ1n) is 10.5. The van der Waals surface area contributed by atoms with E-state index in [0.29, 0.717) is 27.2 Å². The summed E-state index contributed by atoms with van der Waals surface area (Å²) in [6, 6.07) is 10.2. The molecule has 0 aromatic heterocycles. The number of carbonyl (C=O) groups excluding carboxylic acids is 2. The molecule has 2 aromatic rings. The molecule has 11 heteroatoms. The third-order valence-electron chi connectivity index (χ3n) is 4.96. The summed E-state index contributed by atoms with van der Waals surface area (Å²) in [5.74, 6) is -0.696. The minimum atomic E-state index is -3.83. The maximum atomic E-state index is 13.4. The Labute approximate surface area is 216 Å². The lowest BCUT2D eigenvalue weighted by Gasteiger charge is -2.31. The fraction of sp³-hybridized carbons (Fsp3) is 0.391. The summed E-state index contributed by atoms with van der Waals surface area (Å²) < 4.78 is 26.0. The van der Waals surface area contributed by atoms with Gasteiger partial charge in [-0.05, 0) is 48.7 Å². The van der Waals surface area contributed by atoms with E-state index in [0.717, 1.165) is 10.6 Å². The SMILES string of the molecule is CC(C)CNC(=O)[C@H](C)N(Cc1ccc(Cl)c(Cl)c1)C(=O)CN(c1cccc(Cl)c1)S(C)(=O)=O. The lowest BCUT2D eigenvalue weighted by atomic mass is 10.1. The molecule has 0 unspecified atom stereocenters. The van der Waals surface area contributed by atoms with Crippen LogP contribution in [0.5, 0.6) is 0 Å². The molecule has 0 bridgehead atoms. The molecule has 0 aliphatic carbocycles. The predicted molar refractivity (Wildman–Crippen MR) is 138 cm³/mol. The monoisotopic (exact) mass is 547 g/mol. The average molecular weight is 549 g/mol. The van der Waals surface area contributed by atoms with Gasteiger partial charge in [0.2, 0.25) is 21.8 Å². The summed E-state index contributed by atoms with van der Waals surface area (Å²) in [7, 11) is -3.83. The second kappa shape index (κ2) is 12.1. The summed E-state index contributed by atoms with van der Waals surface area (Å²) in [6.07, 6.45) is 1.00. The van der Waals surface area contributed by atoms with Crippen LogP contribution in [0.25, 0.3) is 0 Å². The molecular weight excluding hydrogens is 521 g/mol. The second-order valence-electron chi connectivity index (χ2n) is 8.33. The molecule has 2 rings (SSSR count). The van der Waals surface area contributed by atoms with Crippen LogP contribution in [0.1, 0.15) is 26.3 Å². The van der Waals surface area contributed by atoms with Gasteiger partial charge in [0.15, 0.2) is 0 Å². The standard InChI is InChI=1S/C23H28Cl3N3O4S/c1-15(2)12-27-23(31)16(3)28(13-17-8-9-20(25)21(26)10-17)22(30)14-29(34(4,32)33)19-7-5-6-18(24)11-19/h5-11,15-16H,12-14H2,1-4H3,(H,27,31)/t16-/m0/s1. The molecule has 34 heavy (non-hydrogen) atoms. The van der Waals surface area contributed by atoms with Crippen molar-refractivity contribution in [2.75, 3.05) is 23.7 Å². The first-order valence-corrected chi connectivity index (χ1v) is 13.5. The molecule has 2 amide bonds. The number of anilines is 1. The number of nitrogens with one attached hydrogen (secondary N) is 1. The van der Waals surface area contributed by atoms with E-state index in [-0.39, 0.29) is 24.1 Å². The number of hydrogen-bond acceptors (Lipinski definition) is 4. The second-order valence-corrected chi connectivity index (χ2v) is 11.5. The first-order chi connectivity index (χ1) is 15.8. The van der Waals surface area contributed by atoms with E-state index in [9.17, 15) is 18.0 Å². The molecule has 0 spiro atoms. The lowest BCUT2D eigenvalue weighted by molar-refractivity contribution is -0.139. The quantitative estimate of drug-likeness (QED) is 0.470. The largest absolute Gasteiger partial charge is 0.354 e. The van der Waals surface area contributed by atoms with Crippen LogP contribution in [0, 0.1) is 5.92 Å². The van der Waals surface area contributed by atoms with Crippen molar-refractivity contribution in [2.45, 2.75) is 33.4 Å². The third kappa shape index (κ3) is 8.05. The van der Waals surface area contributed by atoms with Gasteiger partial charge in [0.25, 0.3) is 0 Å². The van der Waals surface area contributed by atoms with Crippen molar-refractivity contribution in [3.05, 3.63) is 63.1 Å². The van der Waals surface area contributed by atoms with Crippen molar-refractivity contribution in [3.63, 3.8) is 0 Å². The number of sulfonamides is 1. The van der Waals surface area contributed by atoms with Crippen molar-refractivity contribution in [2.24, 2.45) is 5.92 Å². The summed E-state index contributed by atoms with van der Waals surface area (Å²) in [4.78, 5) is 27.6. The highest BCUT2D eigenvalue weighted by Gasteiger charge is 2.30. The molecule has 0 aliphatic rings. The molecule has 186 valence electrons. The first kappa shape index (κ1) is 28.2. The van der Waals surface area contributed by atoms with Gasteiger partial charge >= 0.3 is 0 Å². The van der Waals surface area contributed by atoms with E-state index in [1.54, 1.807) is 43.3 Å². The van der Waals surface area contributed by atoms with Crippen LogP contribution >= 0.6 is 34.8 Å². The van der Waals surface area contributed by atoms with E-state index >= 15 is 0 Å². The van der Waals surface area contributed by atoms with Gasteiger partial charge in [-0.3, -0.25) is 13.9 Å². The van der Waals surface area contributed by atoms with Crippen LogP contribution in [0.4, 0.5) is 5.69 Å². The number of halogens is 3. The highest BCUT2D eigenvalue weighted by Crippen LogP contribution is 2.25. The van der Waals surface area contributed by atoms with Crippen LogP contribution in [0.3, 0.4) is 0 Å². The maximum Gasteiger partial charge on any atom is 0.244 e. The van der Waals surface area contributed by atoms with Crippen LogP contribution in [0.2, 0.25) is 15.1 Å². The van der Waals surface area contributed by atoms with Crippen molar-refractivity contribution in [3.8, 4) is 0 Å². The number of hydrogen-bond donors (Lipinski definition) is 1. The molecule has 7 nitrogen and oxygen atoms in total. The lowest BCUT2D eigenvalue weighted by Crippen LogP contribution is -2.51. The highest BCUT2D eigenvalue weighted by molar-refractivity contribution is 7.92. The summed E-state index contributed by atoms with van der Waals surface area (Å²) in [6.45, 7) is 5.46. The Hall–Kier alpha value is -2.00. The van der Waals surface area contributed by atoms with E-state index in [2.05, 4.69) is 5.32 Å². The van der Waals surface area contributed by atoms with Gasteiger partial charge in [-0.1, -0.05) is 60.8 Å². The minimum absolute atomic E-state index is 0.0269. The number of benzene rings is 2. The van der Waals surface area contributed by atoms with E-state index in [1.165, 1.54) is 11.0 Å². The molecule has 0 saturated carbocycles. The topological polar surface area (TPSA) is 86.8 Å². The Morgan fingerprint density at radius 3 is 2.24 bits per heavy atom. The van der Waals surface area contributed by atoms with Gasteiger partial charge in [0, 0.05) is 18.1 Å². The zero-order valence-corrected chi connectivity index (χ0v) is 22.5. The van der Waals surface area contributed by atoms with E-state index in [4.69, 9.17) is 34.8 Å². The Morgan fingerprint density at radius 2 is 1.68 bits per heavy atom. The number of amides is 2. The fourth-order valence-electron chi connectivity index (χ4n) is 3.11. The molecule has 0 radical (unpaired) electrons. The summed E-state index contributed by atoms with van der Waals surface area (Å²) in [5, 5.41) is 3.81.